The van der Waals surface area contributed by atoms with Crippen LogP contribution < -0.4 is 0 Å². The molecule has 0 unspecified atom stereocenters. The maximum absolute atomic E-state index is 0. The Hall–Kier alpha value is 2.35. The Labute approximate surface area is 84.2 Å². The molecule has 0 aliphatic rings. The number of hydrogen-bond acceptors (Lipinski definition) is 0. The molecule has 0 aromatic heterocycles. The van der Waals surface area contributed by atoms with E-state index >= 15 is 0 Å². The molecule has 0 atom stereocenters. The first-order valence-corrected chi connectivity index (χ1v) is 0. The van der Waals surface area contributed by atoms with Gasteiger partial charge in [0.25, 0.3) is 0 Å². The third-order valence-electron chi connectivity index (χ3n) is 0. The van der Waals surface area contributed by atoms with Crippen molar-refractivity contribution < 1.29 is 27.8 Å². The van der Waals surface area contributed by atoms with Crippen molar-refractivity contribution in [3.8, 4) is 0 Å². The largest absolute Gasteiger partial charge is 2.00 e. The van der Waals surface area contributed by atoms with Gasteiger partial charge in [-0.15, -0.1) is 12.4 Å². The molecule has 0 aliphatic heterocycles. The van der Waals surface area contributed by atoms with Crippen LogP contribution in [-0.4, -0.2) is 51.0 Å². The minimum Gasteiger partial charge on any atom is -1.00 e. The fourth-order valence-electron chi connectivity index (χ4n) is 0. The van der Waals surface area contributed by atoms with E-state index in [0.717, 1.165) is 0 Å². The molecule has 2 N–H and O–H groups in total. The number of halogens is 1. The van der Waals surface area contributed by atoms with Gasteiger partial charge in [-0.25, -0.2) is 0 Å². The van der Waals surface area contributed by atoms with Crippen LogP contribution in [0.2, 0.25) is 0 Å². The fourth-order valence-corrected chi connectivity index (χ4v) is 0. The van der Waals surface area contributed by atoms with Crippen LogP contribution in [0.15, 0.2) is 0 Å². The smallest absolute Gasteiger partial charge is 1.00 e. The van der Waals surface area contributed by atoms with Crippen LogP contribution >= 0.6 is 12.4 Å². The summed E-state index contributed by atoms with van der Waals surface area (Å²) in [6.07, 6.45) is 0. The van der Waals surface area contributed by atoms with Gasteiger partial charge < -0.3 is 8.33 Å². The Kier molecular flexibility index (Phi) is 151. The van der Waals surface area contributed by atoms with Crippen LogP contribution in [0.1, 0.15) is 2.85 Å². The molecular formula is H5ClOSrZn. The van der Waals surface area contributed by atoms with Gasteiger partial charge in [-0.3, -0.25) is 0 Å². The van der Waals surface area contributed by atoms with E-state index in [-0.39, 0.29) is 85.7 Å². The van der Waals surface area contributed by atoms with Crippen molar-refractivity contribution in [1.29, 1.82) is 0 Å². The van der Waals surface area contributed by atoms with E-state index in [1.807, 2.05) is 0 Å². The zero-order valence-electron chi connectivity index (χ0n) is 4.32. The van der Waals surface area contributed by atoms with Crippen molar-refractivity contribution >= 4 is 57.9 Å². The molecule has 0 heterocycles. The summed E-state index contributed by atoms with van der Waals surface area (Å²) in [4.78, 5) is 0. The van der Waals surface area contributed by atoms with E-state index in [4.69, 9.17) is 0 Å². The summed E-state index contributed by atoms with van der Waals surface area (Å²) in [6, 6.07) is 0. The SMILES string of the molecule is Cl.O.[H-].[H-].[Sr+2].[Zn]. The van der Waals surface area contributed by atoms with E-state index in [1.165, 1.54) is 0 Å². The van der Waals surface area contributed by atoms with Crippen LogP contribution in [0.3, 0.4) is 0 Å². The van der Waals surface area contributed by atoms with E-state index in [9.17, 15) is 0 Å². The maximum atomic E-state index is 0. The molecule has 0 aliphatic carbocycles. The Morgan fingerprint density at radius 2 is 1.25 bits per heavy atom. The molecule has 4 heteroatoms. The molecule has 22 valence electrons. The molecule has 0 spiro atoms. The number of hydrogen-bond donors (Lipinski definition) is 0. The third kappa shape index (κ3) is 8.84. The predicted octanol–water partition coefficient (Wildman–Crippen LogP) is -0.561. The molecule has 1 nitrogen and oxygen atoms in total. The predicted molar refractivity (Wildman–Crippen MR) is 18.8 cm³/mol. The van der Waals surface area contributed by atoms with Crippen LogP contribution in [-0.2, 0) is 19.5 Å². The summed E-state index contributed by atoms with van der Waals surface area (Å²) in [5, 5.41) is 0. The van der Waals surface area contributed by atoms with Gasteiger partial charge in [0.15, 0.2) is 0 Å². The second-order valence-corrected chi connectivity index (χ2v) is 0. The molecule has 0 saturated carbocycles. The van der Waals surface area contributed by atoms with Crippen LogP contribution in [0, 0.1) is 0 Å². The molecule has 0 fully saturated rings. The molecule has 0 aromatic carbocycles. The van der Waals surface area contributed by atoms with Crippen molar-refractivity contribution in [3.05, 3.63) is 0 Å². The van der Waals surface area contributed by atoms with Gasteiger partial charge >= 0.3 is 45.5 Å². The molecular weight excluding hydrogens is 204 g/mol. The fraction of sp³-hybridized carbons (Fsp3) is 0. The average Bonchev–Trinajstić information content (AvgIpc) is 0. The van der Waals surface area contributed by atoms with Crippen molar-refractivity contribution in [2.45, 2.75) is 0 Å². The topological polar surface area (TPSA) is 31.5 Å². The van der Waals surface area contributed by atoms with Crippen LogP contribution in [0.25, 0.3) is 0 Å². The van der Waals surface area contributed by atoms with Crippen molar-refractivity contribution in [1.82, 2.24) is 0 Å². The zero-order valence-corrected chi connectivity index (χ0v) is 9.58. The molecule has 4 heavy (non-hydrogen) atoms. The van der Waals surface area contributed by atoms with Crippen molar-refractivity contribution in [2.24, 2.45) is 0 Å². The minimum absolute atomic E-state index is 0. The first-order valence-electron chi connectivity index (χ1n) is 0. The van der Waals surface area contributed by atoms with Gasteiger partial charge in [0.2, 0.25) is 0 Å². The summed E-state index contributed by atoms with van der Waals surface area (Å²) in [5.41, 5.74) is 0. The molecule has 0 radical (unpaired) electrons. The zero-order chi connectivity index (χ0) is 0. The van der Waals surface area contributed by atoms with Gasteiger partial charge in [0, 0.05) is 19.5 Å². The average molecular weight is 210 g/mol. The van der Waals surface area contributed by atoms with E-state index in [1.54, 1.807) is 0 Å². The van der Waals surface area contributed by atoms with E-state index in [2.05, 4.69) is 0 Å². The summed E-state index contributed by atoms with van der Waals surface area (Å²) in [7, 11) is 0. The second-order valence-electron chi connectivity index (χ2n) is 0. The van der Waals surface area contributed by atoms with Gasteiger partial charge in [0.05, 0.1) is 0 Å². The van der Waals surface area contributed by atoms with Crippen LogP contribution in [0.5, 0.6) is 0 Å². The summed E-state index contributed by atoms with van der Waals surface area (Å²) in [6.45, 7) is 0. The monoisotopic (exact) mass is 208 g/mol. The Balaban J connectivity index is 0. The van der Waals surface area contributed by atoms with E-state index in [0.29, 0.717) is 0 Å². The minimum atomic E-state index is 0. The van der Waals surface area contributed by atoms with Crippen LogP contribution in [0.4, 0.5) is 0 Å². The quantitative estimate of drug-likeness (QED) is 0.479. The second kappa shape index (κ2) is 18.3. The molecule has 0 rings (SSSR count). The first kappa shape index (κ1) is 32.9. The summed E-state index contributed by atoms with van der Waals surface area (Å²) in [5.74, 6) is 0. The molecule has 0 amide bonds. The van der Waals surface area contributed by atoms with Gasteiger partial charge in [-0.1, -0.05) is 0 Å². The normalized spacial score (nSPS) is 0. The Morgan fingerprint density at radius 3 is 1.25 bits per heavy atom. The molecule has 0 bridgehead atoms. The van der Waals surface area contributed by atoms with Gasteiger partial charge in [-0.05, 0) is 0 Å². The van der Waals surface area contributed by atoms with Gasteiger partial charge in [0.1, 0.15) is 0 Å². The summed E-state index contributed by atoms with van der Waals surface area (Å²) < 4.78 is 0. The van der Waals surface area contributed by atoms with Gasteiger partial charge in [-0.2, -0.15) is 0 Å². The number of rotatable bonds is 0. The Morgan fingerprint density at radius 1 is 1.25 bits per heavy atom. The van der Waals surface area contributed by atoms with Crippen molar-refractivity contribution in [3.63, 3.8) is 0 Å². The van der Waals surface area contributed by atoms with E-state index < -0.39 is 0 Å². The molecule has 0 aromatic rings. The summed E-state index contributed by atoms with van der Waals surface area (Å²) >= 11 is 0. The first-order chi connectivity index (χ1) is 0. The Bertz CT molecular complexity index is 13.5. The maximum Gasteiger partial charge on any atom is 2.00 e. The van der Waals surface area contributed by atoms with Crippen molar-refractivity contribution in [2.75, 3.05) is 0 Å². The molecule has 0 saturated heterocycles. The standard InChI is InChI=1S/ClH.H2O.Sr.Zn.2H/h1H;1H2;;;;/q;;+2;;2*-1. The third-order valence-corrected chi connectivity index (χ3v) is 0.